The molecule has 0 amide bonds. The van der Waals surface area contributed by atoms with Gasteiger partial charge >= 0.3 is 11.4 Å². The van der Waals surface area contributed by atoms with Crippen LogP contribution in [0.25, 0.3) is 28.0 Å². The maximum Gasteiger partial charge on any atom is 0.330 e. The average Bonchev–Trinajstić information content (AvgIpc) is 4.03. The minimum absolute atomic E-state index is 0.0174. The van der Waals surface area contributed by atoms with Crippen molar-refractivity contribution in [2.45, 2.75) is 134 Å². The molecule has 8 saturated carbocycles. The lowest BCUT2D eigenvalue weighted by molar-refractivity contribution is -0.106. The van der Waals surface area contributed by atoms with E-state index in [4.69, 9.17) is 24.7 Å². The number of imidazole rings is 2. The second-order valence-corrected chi connectivity index (χ2v) is 23.1. The van der Waals surface area contributed by atoms with Gasteiger partial charge in [0.25, 0.3) is 0 Å². The summed E-state index contributed by atoms with van der Waals surface area (Å²) in [6, 6.07) is 2.00. The second-order valence-electron chi connectivity index (χ2n) is 23.1. The van der Waals surface area contributed by atoms with Crippen molar-refractivity contribution in [2.24, 2.45) is 47.5 Å². The Balaban J connectivity index is 0.822. The predicted octanol–water partition coefficient (Wildman–Crippen LogP) is 7.49. The van der Waals surface area contributed by atoms with Crippen molar-refractivity contribution in [3.8, 4) is 0 Å². The molecule has 9 fully saturated rings. The number of anilines is 3. The first-order valence-electron chi connectivity index (χ1n) is 24.6. The van der Waals surface area contributed by atoms with Gasteiger partial charge in [-0.05, 0) is 155 Å². The van der Waals surface area contributed by atoms with E-state index in [9.17, 15) is 4.79 Å². The Kier molecular flexibility index (Phi) is 8.09. The molecular weight excluding hydrogens is 831 g/mol. The van der Waals surface area contributed by atoms with Gasteiger partial charge in [-0.15, -0.1) is 0 Å². The smallest absolute Gasteiger partial charge is 0.330 e. The third kappa shape index (κ3) is 5.77. The maximum absolute atomic E-state index is 15.4. The van der Waals surface area contributed by atoms with Crippen LogP contribution in [0.15, 0.2) is 64.0 Å². The molecule has 6 atom stereocenters. The van der Waals surface area contributed by atoms with Crippen LogP contribution >= 0.6 is 0 Å². The summed E-state index contributed by atoms with van der Waals surface area (Å²) in [5, 5.41) is 11.4. The zero-order valence-corrected chi connectivity index (χ0v) is 38.5. The number of hydrogen-bond acceptors (Lipinski definition) is 11. The van der Waals surface area contributed by atoms with Crippen LogP contribution in [0.4, 0.5) is 17.6 Å². The molecule has 7 heterocycles. The summed E-state index contributed by atoms with van der Waals surface area (Å²) < 4.78 is 15.7. The van der Waals surface area contributed by atoms with E-state index < -0.39 is 0 Å². The monoisotopic (exact) mass is 889 g/mol. The molecule has 6 aromatic heterocycles. The van der Waals surface area contributed by atoms with E-state index in [1.165, 1.54) is 25.7 Å². The molecule has 16 heteroatoms. The summed E-state index contributed by atoms with van der Waals surface area (Å²) in [4.78, 5) is 54.5. The SMILES string of the molecule is CC1=CC2OCCC2C=C1Nc1ncc2c(n1)n(C13CC4CC(CC(CCn5c(=O)n(C67CC8CC(CC(C)(C8)C6)C7)c6nc(Nc7cn8ncnc8cc7C)ncc65)(C4)C1)C3)c(=O)n2C. The van der Waals surface area contributed by atoms with E-state index in [2.05, 4.69) is 55.8 Å². The molecule has 8 bridgehead atoms. The Labute approximate surface area is 382 Å². The van der Waals surface area contributed by atoms with Crippen molar-refractivity contribution in [3.05, 3.63) is 80.9 Å². The quantitative estimate of drug-likeness (QED) is 0.148. The number of fused-ring (bicyclic) bond motifs is 4. The summed E-state index contributed by atoms with van der Waals surface area (Å²) in [5.74, 6) is 3.61. The standard InChI is InChI=1S/C50H59N13O3/c1-28-9-39-34(5-8-66-39)13-35(28)55-43-51-22-37-41(57-43)62(45(64)59(37)4)50-20-32-12-33(21-50)17-48(16-32,26-50)6-7-60-38-23-52-44(56-36-24-61-40(10-29(36)2)53-27-54-61)58-42(38)63(46(60)65)49-18-30-11-31(19-49)15-47(3,14-30)25-49/h9-10,13,22-24,27,30-34,39H,5-8,11-12,14-21,25-26H2,1-4H3,(H,51,55,57)(H,52,56,58). The fourth-order valence-corrected chi connectivity index (χ4v) is 16.7. The Morgan fingerprint density at radius 3 is 2.20 bits per heavy atom. The first-order chi connectivity index (χ1) is 31.8. The fraction of sp³-hybridized carbons (Fsp3) is 0.600. The lowest BCUT2D eigenvalue weighted by Gasteiger charge is -2.62. The number of rotatable bonds is 9. The van der Waals surface area contributed by atoms with Crippen LogP contribution in [0.3, 0.4) is 0 Å². The molecule has 1 saturated heterocycles. The van der Waals surface area contributed by atoms with Crippen LogP contribution in [-0.2, 0) is 29.4 Å². The highest BCUT2D eigenvalue weighted by molar-refractivity contribution is 5.74. The highest BCUT2D eigenvalue weighted by atomic mass is 16.5. The van der Waals surface area contributed by atoms with Crippen molar-refractivity contribution in [2.75, 3.05) is 17.2 Å². The molecule has 6 unspecified atom stereocenters. The highest BCUT2D eigenvalue weighted by Crippen LogP contribution is 2.66. The van der Waals surface area contributed by atoms with Gasteiger partial charge in [-0.25, -0.2) is 29.1 Å². The minimum atomic E-state index is -0.356. The fourth-order valence-electron chi connectivity index (χ4n) is 16.7. The molecular formula is C50H59N13O3. The molecule has 9 aliphatic carbocycles. The van der Waals surface area contributed by atoms with Crippen molar-refractivity contribution < 1.29 is 4.74 Å². The largest absolute Gasteiger partial charge is 0.373 e. The van der Waals surface area contributed by atoms with Crippen molar-refractivity contribution in [1.29, 1.82) is 0 Å². The third-order valence-corrected chi connectivity index (χ3v) is 18.3. The number of hydrogen-bond donors (Lipinski definition) is 2. The molecule has 16 nitrogen and oxygen atoms in total. The molecule has 0 spiro atoms. The first-order valence-corrected chi connectivity index (χ1v) is 24.6. The van der Waals surface area contributed by atoms with Gasteiger partial charge in [0.1, 0.15) is 17.4 Å². The summed E-state index contributed by atoms with van der Waals surface area (Å²) in [6.45, 7) is 7.97. The molecule has 6 aromatic rings. The van der Waals surface area contributed by atoms with Gasteiger partial charge in [0.15, 0.2) is 16.9 Å². The normalized spacial score (nSPS) is 35.0. The number of nitrogens with one attached hydrogen (secondary N) is 2. The molecule has 342 valence electrons. The van der Waals surface area contributed by atoms with E-state index in [0.29, 0.717) is 53.7 Å². The van der Waals surface area contributed by atoms with Gasteiger partial charge in [-0.3, -0.25) is 18.3 Å². The summed E-state index contributed by atoms with van der Waals surface area (Å²) in [5.41, 5.74) is 7.40. The topological polar surface area (TPSA) is 169 Å². The number of aromatic nitrogens is 11. The van der Waals surface area contributed by atoms with Crippen LogP contribution in [0.1, 0.15) is 109 Å². The van der Waals surface area contributed by atoms with E-state index in [1.807, 2.05) is 43.2 Å². The van der Waals surface area contributed by atoms with Gasteiger partial charge < -0.3 is 15.4 Å². The van der Waals surface area contributed by atoms with Crippen molar-refractivity contribution in [1.82, 2.24) is 52.8 Å². The highest BCUT2D eigenvalue weighted by Gasteiger charge is 2.60. The van der Waals surface area contributed by atoms with Gasteiger partial charge in [0.05, 0.1) is 41.5 Å². The van der Waals surface area contributed by atoms with Crippen LogP contribution in [0.2, 0.25) is 0 Å². The van der Waals surface area contributed by atoms with Crippen LogP contribution in [-0.4, -0.2) is 65.5 Å². The van der Waals surface area contributed by atoms with Gasteiger partial charge in [0.2, 0.25) is 11.9 Å². The molecule has 16 rings (SSSR count). The molecule has 0 aromatic carbocycles. The lowest BCUT2D eigenvalue weighted by atomic mass is 9.46. The van der Waals surface area contributed by atoms with Crippen LogP contribution in [0.5, 0.6) is 0 Å². The molecule has 1 aliphatic heterocycles. The van der Waals surface area contributed by atoms with E-state index >= 15 is 4.79 Å². The second kappa shape index (κ2) is 13.5. The van der Waals surface area contributed by atoms with Gasteiger partial charge in [0, 0.05) is 31.8 Å². The Hall–Kier alpha value is -5.64. The lowest BCUT2D eigenvalue weighted by Crippen LogP contribution is -2.59. The molecule has 66 heavy (non-hydrogen) atoms. The first kappa shape index (κ1) is 39.5. The van der Waals surface area contributed by atoms with E-state index in [-0.39, 0.29) is 39.4 Å². The van der Waals surface area contributed by atoms with E-state index in [1.54, 1.807) is 15.4 Å². The van der Waals surface area contributed by atoms with Crippen molar-refractivity contribution in [3.63, 3.8) is 0 Å². The summed E-state index contributed by atoms with van der Waals surface area (Å²) in [6.07, 6.45) is 26.8. The van der Waals surface area contributed by atoms with E-state index in [0.717, 1.165) is 116 Å². The number of ether oxygens (including phenoxy) is 1. The van der Waals surface area contributed by atoms with Crippen LogP contribution < -0.4 is 22.0 Å². The van der Waals surface area contributed by atoms with Gasteiger partial charge in [-0.2, -0.15) is 15.1 Å². The summed E-state index contributed by atoms with van der Waals surface area (Å²) in [7, 11) is 1.86. The Morgan fingerprint density at radius 2 is 1.45 bits per heavy atom. The molecule has 10 aliphatic rings. The molecule has 2 N–H and O–H groups in total. The van der Waals surface area contributed by atoms with Crippen LogP contribution in [0, 0.1) is 47.3 Å². The van der Waals surface area contributed by atoms with Crippen molar-refractivity contribution >= 4 is 45.6 Å². The zero-order valence-electron chi connectivity index (χ0n) is 38.5. The molecule has 0 radical (unpaired) electrons. The summed E-state index contributed by atoms with van der Waals surface area (Å²) >= 11 is 0. The number of nitrogens with zero attached hydrogens (tertiary/aromatic N) is 11. The Bertz CT molecular complexity index is 3210. The third-order valence-electron chi connectivity index (χ3n) is 18.3. The number of aryl methyl sites for hydroxylation is 3. The maximum atomic E-state index is 15.4. The minimum Gasteiger partial charge on any atom is -0.373 e. The predicted molar refractivity (Wildman–Crippen MR) is 249 cm³/mol. The number of allylic oxidation sites excluding steroid dienone is 1. The average molecular weight is 890 g/mol. The zero-order chi connectivity index (χ0) is 44.5. The number of pyridine rings is 1. The van der Waals surface area contributed by atoms with Gasteiger partial charge in [-0.1, -0.05) is 19.1 Å². The Morgan fingerprint density at radius 1 is 0.788 bits per heavy atom.